The molecule has 0 atom stereocenters. The van der Waals surface area contributed by atoms with Crippen molar-refractivity contribution in [1.82, 2.24) is 30.6 Å². The number of H-pyrrole nitrogens is 1. The number of nitrogens with zero attached hydrogens (tertiary/aromatic N) is 5. The van der Waals surface area contributed by atoms with E-state index >= 15 is 0 Å². The summed E-state index contributed by atoms with van der Waals surface area (Å²) in [5.74, 6) is 0.519. The molecule has 0 aliphatic rings. The number of aromatic nitrogens is 6. The summed E-state index contributed by atoms with van der Waals surface area (Å²) in [5, 5.41) is 16.4. The smallest absolute Gasteiger partial charge is 0.233 e. The largest absolute Gasteiger partial charge is 0.265 e. The Morgan fingerprint density at radius 3 is 2.81 bits per heavy atom. The Balaban J connectivity index is 2.00. The normalized spacial score (nSPS) is 10.5. The molecule has 0 fully saturated rings. The summed E-state index contributed by atoms with van der Waals surface area (Å²) in [7, 11) is 0. The van der Waals surface area contributed by atoms with Gasteiger partial charge in [-0.25, -0.2) is 4.98 Å². The Kier molecular flexibility index (Phi) is 2.15. The Labute approximate surface area is 94.4 Å². The zero-order valence-electron chi connectivity index (χ0n) is 8.03. The molecular formula is C9H6N6S. The third kappa shape index (κ3) is 1.57. The van der Waals surface area contributed by atoms with E-state index < -0.39 is 0 Å². The van der Waals surface area contributed by atoms with Crippen molar-refractivity contribution in [1.29, 1.82) is 0 Å². The molecule has 0 aliphatic heterocycles. The first-order valence-electron chi connectivity index (χ1n) is 4.53. The fraction of sp³-hybridized carbons (Fsp3) is 0. The molecule has 3 heterocycles. The molecule has 6 nitrogen and oxygen atoms in total. The van der Waals surface area contributed by atoms with Crippen molar-refractivity contribution in [3.63, 3.8) is 0 Å². The van der Waals surface area contributed by atoms with Crippen LogP contribution < -0.4 is 0 Å². The van der Waals surface area contributed by atoms with Crippen LogP contribution in [0.1, 0.15) is 0 Å². The van der Waals surface area contributed by atoms with Crippen LogP contribution in [0.25, 0.3) is 22.1 Å². The van der Waals surface area contributed by atoms with Gasteiger partial charge in [0, 0.05) is 23.3 Å². The highest BCUT2D eigenvalue weighted by atomic mass is 32.1. The van der Waals surface area contributed by atoms with E-state index in [2.05, 4.69) is 30.6 Å². The van der Waals surface area contributed by atoms with Crippen LogP contribution in [0.5, 0.6) is 0 Å². The Morgan fingerprint density at radius 2 is 2.06 bits per heavy atom. The van der Waals surface area contributed by atoms with Gasteiger partial charge >= 0.3 is 0 Å². The maximum absolute atomic E-state index is 4.43. The average Bonchev–Trinajstić information content (AvgIpc) is 3.01. The minimum absolute atomic E-state index is 0.519. The van der Waals surface area contributed by atoms with Crippen LogP contribution in [0.4, 0.5) is 0 Å². The molecule has 0 spiro atoms. The molecular weight excluding hydrogens is 224 g/mol. The van der Waals surface area contributed by atoms with Crippen molar-refractivity contribution in [2.45, 2.75) is 0 Å². The maximum Gasteiger partial charge on any atom is 0.233 e. The van der Waals surface area contributed by atoms with E-state index in [9.17, 15) is 0 Å². The predicted octanol–water partition coefficient (Wildman–Crippen LogP) is 1.39. The van der Waals surface area contributed by atoms with Gasteiger partial charge in [0.05, 0.1) is 5.69 Å². The molecule has 16 heavy (non-hydrogen) atoms. The number of tetrazole rings is 1. The fourth-order valence-electron chi connectivity index (χ4n) is 1.28. The van der Waals surface area contributed by atoms with Crippen LogP contribution in [0.2, 0.25) is 0 Å². The number of nitrogens with one attached hydrogen (secondary N) is 1. The minimum Gasteiger partial charge on any atom is -0.265 e. The molecule has 0 bridgehead atoms. The second-order valence-corrected chi connectivity index (χ2v) is 3.87. The number of pyridine rings is 1. The molecule has 1 N–H and O–H groups in total. The molecule has 3 rings (SSSR count). The van der Waals surface area contributed by atoms with E-state index in [1.165, 1.54) is 11.3 Å². The lowest BCUT2D eigenvalue weighted by molar-refractivity contribution is 0.881. The van der Waals surface area contributed by atoms with Crippen molar-refractivity contribution < 1.29 is 0 Å². The van der Waals surface area contributed by atoms with E-state index in [1.807, 2.05) is 17.5 Å². The SMILES string of the molecule is c1cc(-c2csc(-c3nn[nH]n3)n2)ccn1. The van der Waals surface area contributed by atoms with Crippen molar-refractivity contribution >= 4 is 11.3 Å². The average molecular weight is 230 g/mol. The highest BCUT2D eigenvalue weighted by Gasteiger charge is 2.09. The minimum atomic E-state index is 0.519. The number of hydrogen-bond acceptors (Lipinski definition) is 6. The van der Waals surface area contributed by atoms with E-state index in [1.54, 1.807) is 12.4 Å². The predicted molar refractivity (Wildman–Crippen MR) is 58.5 cm³/mol. The first kappa shape index (κ1) is 9.10. The fourth-order valence-corrected chi connectivity index (χ4v) is 2.04. The molecule has 78 valence electrons. The molecule has 0 saturated heterocycles. The molecule has 0 aromatic carbocycles. The maximum atomic E-state index is 4.43. The summed E-state index contributed by atoms with van der Waals surface area (Å²) in [6.07, 6.45) is 3.48. The summed E-state index contributed by atoms with van der Waals surface area (Å²) in [6, 6.07) is 3.82. The molecule has 0 unspecified atom stereocenters. The molecule has 0 aliphatic carbocycles. The Hall–Kier alpha value is -2.15. The van der Waals surface area contributed by atoms with Crippen molar-refractivity contribution in [2.24, 2.45) is 0 Å². The van der Waals surface area contributed by atoms with Crippen LogP contribution in [0.15, 0.2) is 29.9 Å². The second-order valence-electron chi connectivity index (χ2n) is 3.01. The summed E-state index contributed by atoms with van der Waals surface area (Å²) in [5.41, 5.74) is 1.92. The van der Waals surface area contributed by atoms with Crippen LogP contribution in [0.3, 0.4) is 0 Å². The topological polar surface area (TPSA) is 80.2 Å². The molecule has 0 radical (unpaired) electrons. The van der Waals surface area contributed by atoms with Gasteiger partial charge in [-0.3, -0.25) is 4.98 Å². The van der Waals surface area contributed by atoms with E-state index in [0.29, 0.717) is 5.82 Å². The third-order valence-corrected chi connectivity index (χ3v) is 2.86. The molecule has 0 amide bonds. The number of thiazole rings is 1. The third-order valence-electron chi connectivity index (χ3n) is 2.02. The highest BCUT2D eigenvalue weighted by molar-refractivity contribution is 7.13. The summed E-state index contributed by atoms with van der Waals surface area (Å²) < 4.78 is 0. The monoisotopic (exact) mass is 230 g/mol. The highest BCUT2D eigenvalue weighted by Crippen LogP contribution is 2.25. The van der Waals surface area contributed by atoms with Gasteiger partial charge in [0.25, 0.3) is 0 Å². The van der Waals surface area contributed by atoms with Gasteiger partial charge < -0.3 is 0 Å². The molecule has 3 aromatic heterocycles. The van der Waals surface area contributed by atoms with Gasteiger partial charge in [0.2, 0.25) is 5.82 Å². The first-order valence-corrected chi connectivity index (χ1v) is 5.41. The van der Waals surface area contributed by atoms with Crippen molar-refractivity contribution in [2.75, 3.05) is 0 Å². The standard InChI is InChI=1S/C9H6N6S/c1-3-10-4-2-6(1)7-5-16-9(11-7)8-12-14-15-13-8/h1-5H,(H,12,13,14,15). The summed E-state index contributed by atoms with van der Waals surface area (Å²) >= 11 is 1.49. The van der Waals surface area contributed by atoms with E-state index in [4.69, 9.17) is 0 Å². The Bertz CT molecular complexity index is 573. The van der Waals surface area contributed by atoms with Gasteiger partial charge in [-0.2, -0.15) is 5.21 Å². The van der Waals surface area contributed by atoms with Gasteiger partial charge in [0.15, 0.2) is 5.01 Å². The zero-order chi connectivity index (χ0) is 10.8. The van der Waals surface area contributed by atoms with Gasteiger partial charge in [-0.1, -0.05) is 0 Å². The lowest BCUT2D eigenvalue weighted by Gasteiger charge is -1.92. The lowest BCUT2D eigenvalue weighted by Crippen LogP contribution is -1.81. The second kappa shape index (κ2) is 3.78. The number of hydrogen-bond donors (Lipinski definition) is 1. The summed E-state index contributed by atoms with van der Waals surface area (Å²) in [6.45, 7) is 0. The quantitative estimate of drug-likeness (QED) is 0.719. The van der Waals surface area contributed by atoms with Gasteiger partial charge in [-0.15, -0.1) is 21.5 Å². The van der Waals surface area contributed by atoms with Crippen molar-refractivity contribution in [3.8, 4) is 22.1 Å². The van der Waals surface area contributed by atoms with Gasteiger partial charge in [-0.05, 0) is 17.3 Å². The van der Waals surface area contributed by atoms with Crippen LogP contribution >= 0.6 is 11.3 Å². The van der Waals surface area contributed by atoms with Crippen LogP contribution in [-0.4, -0.2) is 30.6 Å². The van der Waals surface area contributed by atoms with E-state index in [0.717, 1.165) is 16.3 Å². The summed E-state index contributed by atoms with van der Waals surface area (Å²) in [4.78, 5) is 8.39. The van der Waals surface area contributed by atoms with Crippen LogP contribution in [0, 0.1) is 0 Å². The van der Waals surface area contributed by atoms with Crippen molar-refractivity contribution in [3.05, 3.63) is 29.9 Å². The Morgan fingerprint density at radius 1 is 1.19 bits per heavy atom. The first-order chi connectivity index (χ1) is 7.93. The van der Waals surface area contributed by atoms with Gasteiger partial charge in [0.1, 0.15) is 0 Å². The zero-order valence-corrected chi connectivity index (χ0v) is 8.85. The molecule has 7 heteroatoms. The lowest BCUT2D eigenvalue weighted by atomic mass is 10.2. The molecule has 0 saturated carbocycles. The molecule has 3 aromatic rings. The van der Waals surface area contributed by atoms with E-state index in [-0.39, 0.29) is 0 Å². The number of rotatable bonds is 2. The van der Waals surface area contributed by atoms with Crippen LogP contribution in [-0.2, 0) is 0 Å². The number of aromatic amines is 1.